The van der Waals surface area contributed by atoms with E-state index in [1.54, 1.807) is 43.5 Å². The molecule has 1 saturated heterocycles. The van der Waals surface area contributed by atoms with Gasteiger partial charge in [0.05, 0.1) is 28.9 Å². The molecule has 1 atom stereocenters. The summed E-state index contributed by atoms with van der Waals surface area (Å²) < 4.78 is 20.2. The first-order valence-electron chi connectivity index (χ1n) is 10.1. The van der Waals surface area contributed by atoms with Crippen LogP contribution in [0.3, 0.4) is 0 Å². The molecule has 0 unspecified atom stereocenters. The van der Waals surface area contributed by atoms with E-state index in [0.29, 0.717) is 22.0 Å². The summed E-state index contributed by atoms with van der Waals surface area (Å²) in [6.45, 7) is 0. The zero-order chi connectivity index (χ0) is 24.0. The van der Waals surface area contributed by atoms with Gasteiger partial charge < -0.3 is 9.84 Å². The average Bonchev–Trinajstić information content (AvgIpc) is 3.36. The SMILES string of the molecule is COc1ccc2nc(N3C(=O)C(=O)/C(=C(/O)c4ccc(F)cc4)[C@H]3c3cccc(Br)c3)sc2c1. The molecule has 2 heterocycles. The van der Waals surface area contributed by atoms with Crippen molar-refractivity contribution in [3.05, 3.63) is 93.7 Å². The third-order valence-electron chi connectivity index (χ3n) is 5.52. The van der Waals surface area contributed by atoms with Crippen molar-refractivity contribution in [3.63, 3.8) is 0 Å². The number of Topliss-reactive ketones (excluding diaryl/α,β-unsaturated/α-hetero) is 1. The number of halogens is 2. The van der Waals surface area contributed by atoms with Gasteiger partial charge in [0.2, 0.25) is 0 Å². The van der Waals surface area contributed by atoms with Gasteiger partial charge in [-0.3, -0.25) is 14.5 Å². The lowest BCUT2D eigenvalue weighted by Crippen LogP contribution is -2.29. The number of aromatic nitrogens is 1. The van der Waals surface area contributed by atoms with Gasteiger partial charge in [0, 0.05) is 10.0 Å². The minimum absolute atomic E-state index is 0.0912. The lowest BCUT2D eigenvalue weighted by Gasteiger charge is -2.23. The van der Waals surface area contributed by atoms with Crippen molar-refractivity contribution in [3.8, 4) is 5.75 Å². The summed E-state index contributed by atoms with van der Waals surface area (Å²) in [7, 11) is 1.56. The van der Waals surface area contributed by atoms with Crippen LogP contribution in [0.5, 0.6) is 5.75 Å². The van der Waals surface area contributed by atoms with E-state index in [2.05, 4.69) is 20.9 Å². The third kappa shape index (κ3) is 3.76. The monoisotopic (exact) mass is 538 g/mol. The minimum Gasteiger partial charge on any atom is -0.507 e. The Kier molecular flexibility index (Phi) is 5.66. The Balaban J connectivity index is 1.72. The van der Waals surface area contributed by atoms with Gasteiger partial charge >= 0.3 is 5.91 Å². The largest absolute Gasteiger partial charge is 0.507 e. The molecule has 1 aromatic heterocycles. The molecule has 4 aromatic rings. The summed E-state index contributed by atoms with van der Waals surface area (Å²) in [4.78, 5) is 32.4. The van der Waals surface area contributed by atoms with E-state index in [1.165, 1.54) is 40.5 Å². The van der Waals surface area contributed by atoms with Crippen LogP contribution in [0.15, 0.2) is 76.8 Å². The Morgan fingerprint density at radius 2 is 1.88 bits per heavy atom. The molecular formula is C25H16BrFN2O4S. The molecule has 5 rings (SSSR count). The highest BCUT2D eigenvalue weighted by atomic mass is 79.9. The van der Waals surface area contributed by atoms with Gasteiger partial charge in [-0.15, -0.1) is 0 Å². The number of aliphatic hydroxyl groups excluding tert-OH is 1. The van der Waals surface area contributed by atoms with E-state index in [9.17, 15) is 19.1 Å². The van der Waals surface area contributed by atoms with Crippen molar-refractivity contribution in [2.75, 3.05) is 12.0 Å². The van der Waals surface area contributed by atoms with E-state index < -0.39 is 23.5 Å². The first-order chi connectivity index (χ1) is 16.4. The first kappa shape index (κ1) is 22.2. The summed E-state index contributed by atoms with van der Waals surface area (Å²) in [6, 6.07) is 16.6. The number of carbonyl (C=O) groups is 2. The maximum atomic E-state index is 13.4. The number of nitrogens with zero attached hydrogens (tertiary/aromatic N) is 2. The predicted octanol–water partition coefficient (Wildman–Crippen LogP) is 5.83. The molecule has 0 bridgehead atoms. The van der Waals surface area contributed by atoms with Crippen molar-refractivity contribution in [2.24, 2.45) is 0 Å². The first-order valence-corrected chi connectivity index (χ1v) is 11.8. The Morgan fingerprint density at radius 3 is 2.59 bits per heavy atom. The fourth-order valence-corrected chi connectivity index (χ4v) is 5.35. The second-order valence-corrected chi connectivity index (χ2v) is 9.49. The molecule has 170 valence electrons. The molecule has 34 heavy (non-hydrogen) atoms. The fraction of sp³-hybridized carbons (Fsp3) is 0.0800. The van der Waals surface area contributed by atoms with Crippen molar-refractivity contribution in [2.45, 2.75) is 6.04 Å². The van der Waals surface area contributed by atoms with Crippen LogP contribution in [0.4, 0.5) is 9.52 Å². The number of amides is 1. The van der Waals surface area contributed by atoms with Crippen LogP contribution >= 0.6 is 27.3 Å². The van der Waals surface area contributed by atoms with Gasteiger partial charge in [0.15, 0.2) is 5.13 Å². The number of anilines is 1. The lowest BCUT2D eigenvalue weighted by atomic mass is 9.95. The number of fused-ring (bicyclic) bond motifs is 1. The van der Waals surface area contributed by atoms with E-state index in [0.717, 1.165) is 9.17 Å². The maximum absolute atomic E-state index is 13.4. The molecule has 1 N–H and O–H groups in total. The van der Waals surface area contributed by atoms with Gasteiger partial charge in [0.25, 0.3) is 5.78 Å². The predicted molar refractivity (Wildman–Crippen MR) is 131 cm³/mol. The van der Waals surface area contributed by atoms with Gasteiger partial charge in [-0.05, 0) is 60.2 Å². The van der Waals surface area contributed by atoms with Gasteiger partial charge in [0.1, 0.15) is 17.3 Å². The molecule has 0 spiro atoms. The second kappa shape index (κ2) is 8.66. The smallest absolute Gasteiger partial charge is 0.301 e. The standard InChI is InChI=1S/C25H16BrFN2O4S/c1-33-17-9-10-18-19(12-17)34-25(28-18)29-21(14-3-2-4-15(26)11-14)20(23(31)24(29)32)22(30)13-5-7-16(27)8-6-13/h2-12,21,30H,1H3/b22-20+/t21-/m1/s1. The highest BCUT2D eigenvalue weighted by Gasteiger charge is 2.48. The number of benzene rings is 3. The lowest BCUT2D eigenvalue weighted by molar-refractivity contribution is -0.132. The average molecular weight is 539 g/mol. The molecule has 6 nitrogen and oxygen atoms in total. The van der Waals surface area contributed by atoms with E-state index in [1.807, 2.05) is 6.07 Å². The number of hydrogen-bond donors (Lipinski definition) is 1. The summed E-state index contributed by atoms with van der Waals surface area (Å²) in [5.74, 6) is -1.87. The van der Waals surface area contributed by atoms with Crippen LogP contribution in [0.2, 0.25) is 0 Å². The molecule has 0 radical (unpaired) electrons. The minimum atomic E-state index is -0.926. The molecule has 1 aliphatic heterocycles. The van der Waals surface area contributed by atoms with Crippen molar-refractivity contribution in [1.29, 1.82) is 0 Å². The Hall–Kier alpha value is -3.56. The Bertz CT molecular complexity index is 1480. The summed E-state index contributed by atoms with van der Waals surface area (Å²) >= 11 is 4.67. The van der Waals surface area contributed by atoms with Crippen LogP contribution in [-0.2, 0) is 9.59 Å². The van der Waals surface area contributed by atoms with Gasteiger partial charge in [-0.2, -0.15) is 0 Å². The van der Waals surface area contributed by atoms with Crippen molar-refractivity contribution < 1.29 is 23.8 Å². The van der Waals surface area contributed by atoms with Crippen molar-refractivity contribution in [1.82, 2.24) is 4.98 Å². The molecule has 0 aliphatic carbocycles. The number of ketones is 1. The Labute approximate surface area is 206 Å². The summed E-state index contributed by atoms with van der Waals surface area (Å²) in [6.07, 6.45) is 0. The fourth-order valence-electron chi connectivity index (χ4n) is 3.91. The number of hydrogen-bond acceptors (Lipinski definition) is 6. The normalized spacial score (nSPS) is 17.5. The zero-order valence-corrected chi connectivity index (χ0v) is 20.1. The number of methoxy groups -OCH3 is 1. The number of aliphatic hydroxyl groups is 1. The Morgan fingerprint density at radius 1 is 1.12 bits per heavy atom. The molecule has 1 aliphatic rings. The molecule has 1 fully saturated rings. The third-order valence-corrected chi connectivity index (χ3v) is 7.03. The maximum Gasteiger partial charge on any atom is 0.301 e. The number of carbonyl (C=O) groups excluding carboxylic acids is 2. The van der Waals surface area contributed by atoms with Crippen LogP contribution < -0.4 is 9.64 Å². The summed E-state index contributed by atoms with van der Waals surface area (Å²) in [5.41, 5.74) is 1.39. The van der Waals surface area contributed by atoms with Crippen LogP contribution in [0.1, 0.15) is 17.2 Å². The van der Waals surface area contributed by atoms with E-state index in [-0.39, 0.29) is 16.9 Å². The quantitative estimate of drug-likeness (QED) is 0.201. The molecular weight excluding hydrogens is 523 g/mol. The highest BCUT2D eigenvalue weighted by Crippen LogP contribution is 2.45. The number of rotatable bonds is 4. The second-order valence-electron chi connectivity index (χ2n) is 7.56. The van der Waals surface area contributed by atoms with Crippen LogP contribution in [0, 0.1) is 5.82 Å². The number of ether oxygens (including phenoxy) is 1. The molecule has 3 aromatic carbocycles. The van der Waals surface area contributed by atoms with E-state index in [4.69, 9.17) is 4.74 Å². The molecule has 1 amide bonds. The molecule has 0 saturated carbocycles. The summed E-state index contributed by atoms with van der Waals surface area (Å²) in [5, 5.41) is 11.4. The van der Waals surface area contributed by atoms with Crippen molar-refractivity contribution >= 4 is 60.1 Å². The van der Waals surface area contributed by atoms with Gasteiger partial charge in [-0.25, -0.2) is 9.37 Å². The highest BCUT2D eigenvalue weighted by molar-refractivity contribution is 9.10. The zero-order valence-electron chi connectivity index (χ0n) is 17.7. The topological polar surface area (TPSA) is 79.7 Å². The molecule has 9 heteroatoms. The van der Waals surface area contributed by atoms with E-state index >= 15 is 0 Å². The van der Waals surface area contributed by atoms with Gasteiger partial charge in [-0.1, -0.05) is 39.4 Å². The van der Waals surface area contributed by atoms with Crippen LogP contribution in [0.25, 0.3) is 16.0 Å². The van der Waals surface area contributed by atoms with Crippen LogP contribution in [-0.4, -0.2) is 28.9 Å². The number of thiazole rings is 1.